The van der Waals surface area contributed by atoms with E-state index >= 15 is 0 Å². The zero-order valence-corrected chi connectivity index (χ0v) is 10.4. The minimum absolute atomic E-state index is 0.0410. The van der Waals surface area contributed by atoms with Crippen LogP contribution in [0.4, 0.5) is 11.4 Å². The number of fused-ring (bicyclic) bond motifs is 1. The van der Waals surface area contributed by atoms with Crippen molar-refractivity contribution in [2.75, 3.05) is 17.2 Å². The van der Waals surface area contributed by atoms with Crippen molar-refractivity contribution < 1.29 is 14.3 Å². The van der Waals surface area contributed by atoms with Crippen molar-refractivity contribution in [2.45, 2.75) is 0 Å². The molecule has 0 bridgehead atoms. The summed E-state index contributed by atoms with van der Waals surface area (Å²) in [6.07, 6.45) is 3.19. The molecule has 0 aliphatic carbocycles. The number of pyridine rings is 1. The summed E-state index contributed by atoms with van der Waals surface area (Å²) >= 11 is 0. The molecule has 1 aromatic heterocycles. The first-order valence-corrected chi connectivity index (χ1v) is 6.00. The van der Waals surface area contributed by atoms with Crippen LogP contribution in [0, 0.1) is 0 Å². The van der Waals surface area contributed by atoms with Crippen LogP contribution in [0.3, 0.4) is 0 Å². The Bertz CT molecular complexity index is 671. The molecule has 2 amide bonds. The maximum absolute atomic E-state index is 12.1. The van der Waals surface area contributed by atoms with Crippen LogP contribution in [0.5, 0.6) is 5.75 Å². The molecule has 1 aliphatic heterocycles. The predicted molar refractivity (Wildman–Crippen MR) is 72.8 cm³/mol. The largest absolute Gasteiger partial charge is 0.482 e. The van der Waals surface area contributed by atoms with Gasteiger partial charge in [0.2, 0.25) is 0 Å². The van der Waals surface area contributed by atoms with E-state index in [-0.39, 0.29) is 18.4 Å². The standard InChI is InChI=1S/C14H11N3O3/c18-13-8-20-12-6-9(3-4-11(12)17-13)14(19)16-10-2-1-5-15-7-10/h1-7H,8H2,(H,16,19)(H,17,18). The molecule has 2 heterocycles. The molecule has 0 radical (unpaired) electrons. The minimum Gasteiger partial charge on any atom is -0.482 e. The lowest BCUT2D eigenvalue weighted by molar-refractivity contribution is -0.118. The summed E-state index contributed by atoms with van der Waals surface area (Å²) < 4.78 is 5.27. The third kappa shape index (κ3) is 2.44. The number of anilines is 2. The summed E-state index contributed by atoms with van der Waals surface area (Å²) in [5.74, 6) is 0.0230. The normalized spacial score (nSPS) is 12.9. The molecular formula is C14H11N3O3. The number of nitrogens with one attached hydrogen (secondary N) is 2. The molecule has 3 rings (SSSR count). The Morgan fingerprint density at radius 3 is 3.05 bits per heavy atom. The van der Waals surface area contributed by atoms with Gasteiger partial charge in [-0.05, 0) is 30.3 Å². The zero-order chi connectivity index (χ0) is 13.9. The minimum atomic E-state index is -0.263. The van der Waals surface area contributed by atoms with Gasteiger partial charge in [0.05, 0.1) is 17.6 Å². The molecule has 1 aliphatic rings. The molecule has 100 valence electrons. The lowest BCUT2D eigenvalue weighted by Crippen LogP contribution is -2.25. The van der Waals surface area contributed by atoms with E-state index in [1.54, 1.807) is 42.7 Å². The monoisotopic (exact) mass is 269 g/mol. The molecule has 0 atom stereocenters. The maximum Gasteiger partial charge on any atom is 0.262 e. The van der Waals surface area contributed by atoms with Crippen LogP contribution in [-0.2, 0) is 4.79 Å². The molecule has 6 heteroatoms. The lowest BCUT2D eigenvalue weighted by Gasteiger charge is -2.18. The molecular weight excluding hydrogens is 258 g/mol. The van der Waals surface area contributed by atoms with Gasteiger partial charge in [-0.25, -0.2) is 0 Å². The van der Waals surface area contributed by atoms with Gasteiger partial charge in [0, 0.05) is 11.8 Å². The van der Waals surface area contributed by atoms with Crippen LogP contribution >= 0.6 is 0 Å². The van der Waals surface area contributed by atoms with E-state index < -0.39 is 0 Å². The van der Waals surface area contributed by atoms with Gasteiger partial charge in [-0.3, -0.25) is 14.6 Å². The quantitative estimate of drug-likeness (QED) is 0.869. The number of hydrogen-bond acceptors (Lipinski definition) is 4. The first-order valence-electron chi connectivity index (χ1n) is 6.00. The van der Waals surface area contributed by atoms with Crippen LogP contribution in [0.25, 0.3) is 0 Å². The van der Waals surface area contributed by atoms with Crippen LogP contribution < -0.4 is 15.4 Å². The molecule has 2 aromatic rings. The fourth-order valence-corrected chi connectivity index (χ4v) is 1.86. The van der Waals surface area contributed by atoms with Crippen LogP contribution in [0.15, 0.2) is 42.7 Å². The van der Waals surface area contributed by atoms with Crippen molar-refractivity contribution in [1.29, 1.82) is 0 Å². The van der Waals surface area contributed by atoms with E-state index in [4.69, 9.17) is 4.74 Å². The molecule has 0 saturated heterocycles. The van der Waals surface area contributed by atoms with E-state index in [0.717, 1.165) is 0 Å². The van der Waals surface area contributed by atoms with Gasteiger partial charge < -0.3 is 15.4 Å². The Kier molecular flexibility index (Phi) is 3.04. The molecule has 2 N–H and O–H groups in total. The number of amides is 2. The first kappa shape index (κ1) is 12.2. The Hall–Kier alpha value is -2.89. The smallest absolute Gasteiger partial charge is 0.262 e. The Morgan fingerprint density at radius 1 is 1.35 bits per heavy atom. The van der Waals surface area contributed by atoms with E-state index in [1.165, 1.54) is 0 Å². The first-order chi connectivity index (χ1) is 9.72. The van der Waals surface area contributed by atoms with E-state index in [2.05, 4.69) is 15.6 Å². The third-order valence-electron chi connectivity index (χ3n) is 2.80. The zero-order valence-electron chi connectivity index (χ0n) is 10.4. The fraction of sp³-hybridized carbons (Fsp3) is 0.0714. The van der Waals surface area contributed by atoms with Gasteiger partial charge in [0.1, 0.15) is 5.75 Å². The van der Waals surface area contributed by atoms with Crippen molar-refractivity contribution in [3.05, 3.63) is 48.3 Å². The highest BCUT2D eigenvalue weighted by Crippen LogP contribution is 2.28. The Balaban J connectivity index is 1.81. The number of benzene rings is 1. The number of hydrogen-bond donors (Lipinski definition) is 2. The number of carbonyl (C=O) groups excluding carboxylic acids is 2. The van der Waals surface area contributed by atoms with Crippen LogP contribution in [-0.4, -0.2) is 23.4 Å². The maximum atomic E-state index is 12.1. The van der Waals surface area contributed by atoms with Crippen molar-refractivity contribution in [3.8, 4) is 5.75 Å². The van der Waals surface area contributed by atoms with Crippen LogP contribution in [0.2, 0.25) is 0 Å². The van der Waals surface area contributed by atoms with E-state index in [1.807, 2.05) is 0 Å². The molecule has 0 spiro atoms. The summed E-state index contributed by atoms with van der Waals surface area (Å²) in [4.78, 5) is 27.2. The fourth-order valence-electron chi connectivity index (χ4n) is 1.86. The highest BCUT2D eigenvalue weighted by atomic mass is 16.5. The number of rotatable bonds is 2. The van der Waals surface area contributed by atoms with Gasteiger partial charge >= 0.3 is 0 Å². The van der Waals surface area contributed by atoms with Crippen molar-refractivity contribution in [1.82, 2.24) is 4.98 Å². The molecule has 0 fully saturated rings. The Labute approximate surface area is 114 Å². The van der Waals surface area contributed by atoms with E-state index in [9.17, 15) is 9.59 Å². The van der Waals surface area contributed by atoms with Gasteiger partial charge in [0.25, 0.3) is 11.8 Å². The Morgan fingerprint density at radius 2 is 2.25 bits per heavy atom. The summed E-state index contributed by atoms with van der Waals surface area (Å²) in [5, 5.41) is 5.40. The second kappa shape index (κ2) is 5.00. The van der Waals surface area contributed by atoms with E-state index in [0.29, 0.717) is 22.7 Å². The second-order valence-electron chi connectivity index (χ2n) is 4.24. The molecule has 0 saturated carbocycles. The average Bonchev–Trinajstić information content (AvgIpc) is 2.47. The van der Waals surface area contributed by atoms with Gasteiger partial charge in [-0.2, -0.15) is 0 Å². The number of nitrogens with zero attached hydrogens (tertiary/aromatic N) is 1. The third-order valence-corrected chi connectivity index (χ3v) is 2.80. The lowest BCUT2D eigenvalue weighted by atomic mass is 10.1. The number of aromatic nitrogens is 1. The van der Waals surface area contributed by atoms with Gasteiger partial charge in [0.15, 0.2) is 6.61 Å². The highest BCUT2D eigenvalue weighted by molar-refractivity contribution is 6.05. The summed E-state index contributed by atoms with van der Waals surface area (Å²) in [6, 6.07) is 8.35. The topological polar surface area (TPSA) is 80.3 Å². The van der Waals surface area contributed by atoms with Crippen molar-refractivity contribution in [3.63, 3.8) is 0 Å². The predicted octanol–water partition coefficient (Wildman–Crippen LogP) is 1.66. The molecule has 0 unspecified atom stereocenters. The molecule has 20 heavy (non-hydrogen) atoms. The summed E-state index contributed by atoms with van der Waals surface area (Å²) in [7, 11) is 0. The average molecular weight is 269 g/mol. The number of ether oxygens (including phenoxy) is 1. The number of carbonyl (C=O) groups is 2. The second-order valence-corrected chi connectivity index (χ2v) is 4.24. The summed E-state index contributed by atoms with van der Waals surface area (Å²) in [6.45, 7) is -0.0410. The SMILES string of the molecule is O=C1COc2cc(C(=O)Nc3cccnc3)ccc2N1. The van der Waals surface area contributed by atoms with Crippen molar-refractivity contribution >= 4 is 23.2 Å². The summed E-state index contributed by atoms with van der Waals surface area (Å²) in [5.41, 5.74) is 1.63. The molecule has 6 nitrogen and oxygen atoms in total. The van der Waals surface area contributed by atoms with Gasteiger partial charge in [-0.15, -0.1) is 0 Å². The van der Waals surface area contributed by atoms with Crippen molar-refractivity contribution in [2.24, 2.45) is 0 Å². The van der Waals surface area contributed by atoms with Gasteiger partial charge in [-0.1, -0.05) is 0 Å². The van der Waals surface area contributed by atoms with Crippen LogP contribution in [0.1, 0.15) is 10.4 Å². The highest BCUT2D eigenvalue weighted by Gasteiger charge is 2.17. The molecule has 1 aromatic carbocycles.